The van der Waals surface area contributed by atoms with Gasteiger partial charge >= 0.3 is 0 Å². The smallest absolute Gasteiger partial charge is 0.175 e. The molecular formula is C16H19NO3S. The molecule has 0 bridgehead atoms. The third kappa shape index (κ3) is 4.06. The normalized spacial score (nSPS) is 14.4. The van der Waals surface area contributed by atoms with Crippen LogP contribution in [0, 0.1) is 0 Å². The molecule has 4 nitrogen and oxygen atoms in total. The quantitative estimate of drug-likeness (QED) is 0.921. The zero-order chi connectivity index (χ0) is 15.5. The first-order valence-electron chi connectivity index (χ1n) is 6.65. The zero-order valence-electron chi connectivity index (χ0n) is 12.1. The lowest BCUT2D eigenvalue weighted by atomic mass is 10.0. The second-order valence-corrected chi connectivity index (χ2v) is 7.07. The topological polar surface area (TPSA) is 69.4 Å². The number of ether oxygens (including phenoxy) is 1. The summed E-state index contributed by atoms with van der Waals surface area (Å²) in [5, 5.41) is 0. The van der Waals surface area contributed by atoms with E-state index in [4.69, 9.17) is 10.5 Å². The molecule has 0 aliphatic carbocycles. The minimum absolute atomic E-state index is 0.193. The van der Waals surface area contributed by atoms with Gasteiger partial charge in [0.15, 0.2) is 9.84 Å². The largest absolute Gasteiger partial charge is 0.484 e. The van der Waals surface area contributed by atoms with Crippen LogP contribution in [0.25, 0.3) is 0 Å². The molecule has 0 amide bonds. The average molecular weight is 305 g/mol. The molecule has 2 N–H and O–H groups in total. The van der Waals surface area contributed by atoms with E-state index in [-0.39, 0.29) is 17.0 Å². The molecule has 2 unspecified atom stereocenters. The van der Waals surface area contributed by atoms with Gasteiger partial charge in [0.2, 0.25) is 0 Å². The van der Waals surface area contributed by atoms with E-state index in [1.165, 1.54) is 18.4 Å². The molecule has 0 aliphatic heterocycles. The lowest BCUT2D eigenvalue weighted by Gasteiger charge is -2.23. The van der Waals surface area contributed by atoms with E-state index in [0.29, 0.717) is 5.75 Å². The fourth-order valence-electron chi connectivity index (χ4n) is 2.03. The van der Waals surface area contributed by atoms with Gasteiger partial charge in [0.25, 0.3) is 0 Å². The monoisotopic (exact) mass is 305 g/mol. The van der Waals surface area contributed by atoms with Gasteiger partial charge in [-0.05, 0) is 36.8 Å². The molecule has 2 rings (SSSR count). The molecular weight excluding hydrogens is 286 g/mol. The van der Waals surface area contributed by atoms with Crippen LogP contribution in [-0.2, 0) is 9.84 Å². The van der Waals surface area contributed by atoms with E-state index in [9.17, 15) is 8.42 Å². The number of benzene rings is 2. The van der Waals surface area contributed by atoms with Crippen molar-refractivity contribution < 1.29 is 13.2 Å². The van der Waals surface area contributed by atoms with E-state index in [2.05, 4.69) is 0 Å². The predicted molar refractivity (Wildman–Crippen MR) is 83.0 cm³/mol. The number of hydrogen-bond acceptors (Lipinski definition) is 4. The van der Waals surface area contributed by atoms with E-state index in [1.807, 2.05) is 37.3 Å². The van der Waals surface area contributed by atoms with Crippen LogP contribution in [0.4, 0.5) is 0 Å². The molecule has 0 fully saturated rings. The summed E-state index contributed by atoms with van der Waals surface area (Å²) in [5.41, 5.74) is 6.98. The Hall–Kier alpha value is -1.85. The van der Waals surface area contributed by atoms with Gasteiger partial charge in [-0.2, -0.15) is 0 Å². The van der Waals surface area contributed by atoms with Crippen molar-refractivity contribution in [3.05, 3.63) is 60.2 Å². The first-order valence-corrected chi connectivity index (χ1v) is 8.54. The zero-order valence-corrected chi connectivity index (χ0v) is 12.9. The highest BCUT2D eigenvalue weighted by atomic mass is 32.2. The Bertz CT molecular complexity index is 679. The highest BCUT2D eigenvalue weighted by Crippen LogP contribution is 2.25. The van der Waals surface area contributed by atoms with E-state index in [1.54, 1.807) is 12.1 Å². The molecule has 112 valence electrons. The van der Waals surface area contributed by atoms with Gasteiger partial charge in [-0.15, -0.1) is 0 Å². The number of nitrogens with two attached hydrogens (primary N) is 1. The molecule has 0 spiro atoms. The summed E-state index contributed by atoms with van der Waals surface area (Å²) in [4.78, 5) is 0.270. The van der Waals surface area contributed by atoms with Crippen molar-refractivity contribution in [1.82, 2.24) is 0 Å². The number of rotatable bonds is 5. The Balaban J connectivity index is 2.22. The molecule has 2 aromatic rings. The first-order chi connectivity index (χ1) is 9.88. The number of sulfone groups is 1. The van der Waals surface area contributed by atoms with Crippen molar-refractivity contribution in [2.24, 2.45) is 5.73 Å². The molecule has 0 radical (unpaired) electrons. The number of hydrogen-bond donors (Lipinski definition) is 1. The maximum Gasteiger partial charge on any atom is 0.175 e. The Morgan fingerprint density at radius 3 is 2.05 bits per heavy atom. The fourth-order valence-corrected chi connectivity index (χ4v) is 2.66. The molecule has 2 aromatic carbocycles. The van der Waals surface area contributed by atoms with E-state index in [0.717, 1.165) is 5.56 Å². The summed E-state index contributed by atoms with van der Waals surface area (Å²) in [5.74, 6) is 0.591. The Labute approximate surface area is 125 Å². The van der Waals surface area contributed by atoms with Gasteiger partial charge < -0.3 is 10.5 Å². The molecule has 0 heterocycles. The van der Waals surface area contributed by atoms with Crippen molar-refractivity contribution >= 4 is 9.84 Å². The lowest BCUT2D eigenvalue weighted by molar-refractivity contribution is 0.180. The van der Waals surface area contributed by atoms with Gasteiger partial charge in [0.1, 0.15) is 11.9 Å². The fraction of sp³-hybridized carbons (Fsp3) is 0.250. The summed E-state index contributed by atoms with van der Waals surface area (Å²) in [6.45, 7) is 1.88. The molecule has 0 saturated heterocycles. The van der Waals surface area contributed by atoms with Crippen molar-refractivity contribution in [3.8, 4) is 5.75 Å². The minimum Gasteiger partial charge on any atom is -0.484 e. The minimum atomic E-state index is -3.20. The highest BCUT2D eigenvalue weighted by molar-refractivity contribution is 7.90. The molecule has 0 aliphatic rings. The van der Waals surface area contributed by atoms with Crippen LogP contribution in [0.2, 0.25) is 0 Å². The SMILES string of the molecule is CC(N)C(Oc1ccc(S(C)(=O)=O)cc1)c1ccccc1. The molecule has 2 atom stereocenters. The van der Waals surface area contributed by atoms with Crippen LogP contribution in [0.3, 0.4) is 0 Å². The van der Waals surface area contributed by atoms with Gasteiger partial charge in [0.05, 0.1) is 4.90 Å². The highest BCUT2D eigenvalue weighted by Gasteiger charge is 2.18. The second kappa shape index (κ2) is 6.28. The van der Waals surface area contributed by atoms with Gasteiger partial charge in [-0.25, -0.2) is 8.42 Å². The van der Waals surface area contributed by atoms with Crippen LogP contribution in [-0.4, -0.2) is 20.7 Å². The summed E-state index contributed by atoms with van der Waals surface area (Å²) >= 11 is 0. The Kier molecular flexibility index (Phi) is 4.65. The predicted octanol–water partition coefficient (Wildman–Crippen LogP) is 2.56. The Morgan fingerprint density at radius 2 is 1.57 bits per heavy atom. The van der Waals surface area contributed by atoms with Crippen LogP contribution in [0.1, 0.15) is 18.6 Å². The molecule has 0 saturated carbocycles. The van der Waals surface area contributed by atoms with Crippen LogP contribution < -0.4 is 10.5 Å². The van der Waals surface area contributed by atoms with E-state index < -0.39 is 9.84 Å². The van der Waals surface area contributed by atoms with Crippen LogP contribution in [0.15, 0.2) is 59.5 Å². The lowest BCUT2D eigenvalue weighted by Crippen LogP contribution is -2.29. The van der Waals surface area contributed by atoms with Gasteiger partial charge in [0, 0.05) is 12.3 Å². The summed E-state index contributed by atoms with van der Waals surface area (Å²) in [6, 6.07) is 15.9. The first kappa shape index (κ1) is 15.5. The second-order valence-electron chi connectivity index (χ2n) is 5.05. The van der Waals surface area contributed by atoms with E-state index >= 15 is 0 Å². The maximum absolute atomic E-state index is 11.4. The van der Waals surface area contributed by atoms with Crippen LogP contribution >= 0.6 is 0 Å². The van der Waals surface area contributed by atoms with Gasteiger partial charge in [-0.1, -0.05) is 30.3 Å². The van der Waals surface area contributed by atoms with Crippen molar-refractivity contribution in [3.63, 3.8) is 0 Å². The summed E-state index contributed by atoms with van der Waals surface area (Å²) in [6.07, 6.45) is 0.896. The molecule has 5 heteroatoms. The Morgan fingerprint density at radius 1 is 1.00 bits per heavy atom. The third-order valence-corrected chi connectivity index (χ3v) is 4.25. The van der Waals surface area contributed by atoms with Crippen LogP contribution in [0.5, 0.6) is 5.75 Å². The summed E-state index contributed by atoms with van der Waals surface area (Å²) < 4.78 is 28.8. The summed E-state index contributed by atoms with van der Waals surface area (Å²) in [7, 11) is -3.20. The molecule has 21 heavy (non-hydrogen) atoms. The standard InChI is InChI=1S/C16H19NO3S/c1-12(17)16(13-6-4-3-5-7-13)20-14-8-10-15(11-9-14)21(2,18)19/h3-12,16H,17H2,1-2H3. The maximum atomic E-state index is 11.4. The third-order valence-electron chi connectivity index (χ3n) is 3.12. The average Bonchev–Trinajstić information content (AvgIpc) is 2.45. The van der Waals surface area contributed by atoms with Crippen molar-refractivity contribution in [1.29, 1.82) is 0 Å². The van der Waals surface area contributed by atoms with Gasteiger partial charge in [-0.3, -0.25) is 0 Å². The molecule has 0 aromatic heterocycles. The van der Waals surface area contributed by atoms with Crippen molar-refractivity contribution in [2.45, 2.75) is 24.0 Å². The van der Waals surface area contributed by atoms with Crippen molar-refractivity contribution in [2.75, 3.05) is 6.26 Å².